The first-order valence-corrected chi connectivity index (χ1v) is 6.42. The van der Waals surface area contributed by atoms with E-state index >= 15 is 0 Å². The van der Waals surface area contributed by atoms with E-state index in [9.17, 15) is 4.79 Å². The van der Waals surface area contributed by atoms with Crippen molar-refractivity contribution in [3.63, 3.8) is 0 Å². The van der Waals surface area contributed by atoms with E-state index in [1.807, 2.05) is 20.9 Å². The Labute approximate surface area is 114 Å². The van der Waals surface area contributed by atoms with Gasteiger partial charge in [0.15, 0.2) is 0 Å². The quantitative estimate of drug-likeness (QED) is 0.807. The zero-order chi connectivity index (χ0) is 14.6. The number of carboxylic acids is 1. The number of aliphatic carboxylic acids is 1. The number of aryl methyl sites for hydroxylation is 2. The molecule has 6 nitrogen and oxygen atoms in total. The zero-order valence-corrected chi connectivity index (χ0v) is 12.3. The molecule has 1 unspecified atom stereocenters. The number of carboxylic acid groups (broad SMARTS) is 1. The highest BCUT2D eigenvalue weighted by Gasteiger charge is 2.20. The lowest BCUT2D eigenvalue weighted by Gasteiger charge is -2.22. The molecule has 0 spiro atoms. The Balaban J connectivity index is 2.84. The summed E-state index contributed by atoms with van der Waals surface area (Å²) in [6.45, 7) is 7.63. The van der Waals surface area contributed by atoms with Crippen LogP contribution in [-0.2, 0) is 18.4 Å². The number of nitrogens with zero attached hydrogens (tertiary/aromatic N) is 3. The summed E-state index contributed by atoms with van der Waals surface area (Å²) in [4.78, 5) is 13.0. The topological polar surface area (TPSA) is 67.6 Å². The molecular weight excluding hydrogens is 246 g/mol. The SMILES string of the molecule is CCN(Cc1c(C)nn(C)c1OC)CC(C)C(=O)O. The number of ether oxygens (including phenoxy) is 1. The van der Waals surface area contributed by atoms with Gasteiger partial charge >= 0.3 is 5.97 Å². The summed E-state index contributed by atoms with van der Waals surface area (Å²) in [5, 5.41) is 13.3. The average Bonchev–Trinajstić information content (AvgIpc) is 2.62. The summed E-state index contributed by atoms with van der Waals surface area (Å²) < 4.78 is 7.06. The fraction of sp³-hybridized carbons (Fsp3) is 0.692. The molecule has 0 radical (unpaired) electrons. The molecule has 0 aliphatic rings. The average molecular weight is 269 g/mol. The van der Waals surface area contributed by atoms with Gasteiger partial charge in [-0.1, -0.05) is 13.8 Å². The summed E-state index contributed by atoms with van der Waals surface area (Å²) >= 11 is 0. The van der Waals surface area contributed by atoms with Crippen LogP contribution in [0.4, 0.5) is 0 Å². The van der Waals surface area contributed by atoms with Crippen LogP contribution in [0.15, 0.2) is 0 Å². The number of methoxy groups -OCH3 is 1. The molecule has 0 aliphatic heterocycles. The minimum Gasteiger partial charge on any atom is -0.481 e. The molecule has 0 saturated heterocycles. The van der Waals surface area contributed by atoms with Crippen molar-refractivity contribution in [2.75, 3.05) is 20.2 Å². The van der Waals surface area contributed by atoms with Crippen molar-refractivity contribution >= 4 is 5.97 Å². The van der Waals surface area contributed by atoms with Crippen LogP contribution in [0.5, 0.6) is 5.88 Å². The van der Waals surface area contributed by atoms with Gasteiger partial charge in [0.25, 0.3) is 0 Å². The molecule has 1 rings (SSSR count). The predicted octanol–water partition coefficient (Wildman–Crippen LogP) is 1.28. The molecule has 1 N–H and O–H groups in total. The number of hydrogen-bond donors (Lipinski definition) is 1. The van der Waals surface area contributed by atoms with E-state index in [0.717, 1.165) is 23.7 Å². The van der Waals surface area contributed by atoms with Crippen molar-refractivity contribution in [1.82, 2.24) is 14.7 Å². The van der Waals surface area contributed by atoms with Crippen LogP contribution >= 0.6 is 0 Å². The van der Waals surface area contributed by atoms with Crippen LogP contribution in [0.2, 0.25) is 0 Å². The monoisotopic (exact) mass is 269 g/mol. The van der Waals surface area contributed by atoms with Crippen LogP contribution in [0.3, 0.4) is 0 Å². The third-order valence-corrected chi connectivity index (χ3v) is 3.26. The van der Waals surface area contributed by atoms with E-state index in [2.05, 4.69) is 10.00 Å². The Morgan fingerprint density at radius 2 is 2.21 bits per heavy atom. The highest BCUT2D eigenvalue weighted by atomic mass is 16.5. The molecule has 0 fully saturated rings. The highest BCUT2D eigenvalue weighted by molar-refractivity contribution is 5.69. The van der Waals surface area contributed by atoms with Gasteiger partial charge in [-0.2, -0.15) is 5.10 Å². The van der Waals surface area contributed by atoms with Gasteiger partial charge in [-0.05, 0) is 13.5 Å². The van der Waals surface area contributed by atoms with Gasteiger partial charge in [0.1, 0.15) is 0 Å². The van der Waals surface area contributed by atoms with Crippen molar-refractivity contribution < 1.29 is 14.6 Å². The lowest BCUT2D eigenvalue weighted by Crippen LogP contribution is -2.31. The third-order valence-electron chi connectivity index (χ3n) is 3.26. The minimum absolute atomic E-state index is 0.386. The van der Waals surface area contributed by atoms with Crippen LogP contribution < -0.4 is 4.74 Å². The maximum Gasteiger partial charge on any atom is 0.307 e. The molecule has 0 saturated carbocycles. The smallest absolute Gasteiger partial charge is 0.307 e. The van der Waals surface area contributed by atoms with Crippen LogP contribution in [-0.4, -0.2) is 46.0 Å². The molecular formula is C13H23N3O3. The van der Waals surface area contributed by atoms with Crippen molar-refractivity contribution in [3.8, 4) is 5.88 Å². The van der Waals surface area contributed by atoms with Gasteiger partial charge in [0.2, 0.25) is 5.88 Å². The number of rotatable bonds is 7. The first kappa shape index (κ1) is 15.5. The minimum atomic E-state index is -0.770. The van der Waals surface area contributed by atoms with Crippen LogP contribution in [0.1, 0.15) is 25.1 Å². The van der Waals surface area contributed by atoms with Gasteiger partial charge in [-0.3, -0.25) is 9.69 Å². The number of carbonyl (C=O) groups is 1. The second-order valence-electron chi connectivity index (χ2n) is 4.76. The fourth-order valence-corrected chi connectivity index (χ4v) is 2.11. The lowest BCUT2D eigenvalue weighted by molar-refractivity contribution is -0.141. The summed E-state index contributed by atoms with van der Waals surface area (Å²) in [7, 11) is 3.46. The molecule has 1 aromatic rings. The van der Waals surface area contributed by atoms with Crippen LogP contribution in [0, 0.1) is 12.8 Å². The largest absolute Gasteiger partial charge is 0.481 e. The summed E-state index contributed by atoms with van der Waals surface area (Å²) in [5.74, 6) is -0.421. The normalized spacial score (nSPS) is 12.7. The number of aromatic nitrogens is 2. The van der Waals surface area contributed by atoms with Crippen molar-refractivity contribution in [2.45, 2.75) is 27.3 Å². The fourth-order valence-electron chi connectivity index (χ4n) is 2.11. The van der Waals surface area contributed by atoms with Crippen molar-refractivity contribution in [2.24, 2.45) is 13.0 Å². The first-order chi connectivity index (χ1) is 8.90. The van der Waals surface area contributed by atoms with E-state index in [4.69, 9.17) is 9.84 Å². The van der Waals surface area contributed by atoms with Crippen molar-refractivity contribution in [3.05, 3.63) is 11.3 Å². The molecule has 108 valence electrons. The van der Waals surface area contributed by atoms with E-state index < -0.39 is 5.97 Å². The zero-order valence-electron chi connectivity index (χ0n) is 12.3. The molecule has 0 aliphatic carbocycles. The Bertz CT molecular complexity index is 443. The molecule has 0 bridgehead atoms. The Hall–Kier alpha value is -1.56. The summed E-state index contributed by atoms with van der Waals surface area (Å²) in [6, 6.07) is 0. The molecule has 1 aromatic heterocycles. The molecule has 1 heterocycles. The van der Waals surface area contributed by atoms with E-state index in [-0.39, 0.29) is 5.92 Å². The van der Waals surface area contributed by atoms with Gasteiger partial charge < -0.3 is 9.84 Å². The van der Waals surface area contributed by atoms with Gasteiger partial charge in [-0.15, -0.1) is 0 Å². The maximum atomic E-state index is 10.9. The Morgan fingerprint density at radius 3 is 2.68 bits per heavy atom. The standard InChI is InChI=1S/C13H23N3O3/c1-6-16(7-9(2)13(17)18)8-11-10(3)14-15(4)12(11)19-5/h9H,6-8H2,1-5H3,(H,17,18). The lowest BCUT2D eigenvalue weighted by atomic mass is 10.1. The maximum absolute atomic E-state index is 10.9. The molecule has 19 heavy (non-hydrogen) atoms. The van der Waals surface area contributed by atoms with Crippen molar-refractivity contribution in [1.29, 1.82) is 0 Å². The van der Waals surface area contributed by atoms with Gasteiger partial charge in [0, 0.05) is 20.1 Å². The Morgan fingerprint density at radius 1 is 1.58 bits per heavy atom. The van der Waals surface area contributed by atoms with E-state index in [1.165, 1.54) is 0 Å². The summed E-state index contributed by atoms with van der Waals surface area (Å²) in [6.07, 6.45) is 0. The molecule has 0 amide bonds. The highest BCUT2D eigenvalue weighted by Crippen LogP contribution is 2.23. The molecule has 0 aromatic carbocycles. The number of hydrogen-bond acceptors (Lipinski definition) is 4. The third kappa shape index (κ3) is 3.70. The second-order valence-corrected chi connectivity index (χ2v) is 4.76. The van der Waals surface area contributed by atoms with Gasteiger partial charge in [0.05, 0.1) is 24.3 Å². The molecule has 6 heteroatoms. The Kier molecular flexibility index (Phi) is 5.35. The van der Waals surface area contributed by atoms with Crippen LogP contribution in [0.25, 0.3) is 0 Å². The van der Waals surface area contributed by atoms with E-state index in [1.54, 1.807) is 18.7 Å². The van der Waals surface area contributed by atoms with Gasteiger partial charge in [-0.25, -0.2) is 4.68 Å². The summed E-state index contributed by atoms with van der Waals surface area (Å²) in [5.41, 5.74) is 1.94. The first-order valence-electron chi connectivity index (χ1n) is 6.42. The predicted molar refractivity (Wildman–Crippen MR) is 72.2 cm³/mol. The molecule has 1 atom stereocenters. The van der Waals surface area contributed by atoms with E-state index in [0.29, 0.717) is 13.1 Å². The second kappa shape index (κ2) is 6.56.